The molecule has 0 amide bonds. The van der Waals surface area contributed by atoms with E-state index in [0.717, 1.165) is 6.42 Å². The Labute approximate surface area is 124 Å². The van der Waals surface area contributed by atoms with Crippen LogP contribution >= 0.6 is 0 Å². The largest absolute Gasteiger partial charge is 0.469 e. The highest BCUT2D eigenvalue weighted by Gasteiger charge is 2.52. The van der Waals surface area contributed by atoms with Crippen molar-refractivity contribution in [3.63, 3.8) is 0 Å². The lowest BCUT2D eigenvalue weighted by Gasteiger charge is -2.24. The lowest BCUT2D eigenvalue weighted by Crippen LogP contribution is -2.21. The molecule has 0 bridgehead atoms. The topological polar surface area (TPSA) is 66.8 Å². The number of methoxy groups -OCH3 is 1. The quantitative estimate of drug-likeness (QED) is 0.828. The van der Waals surface area contributed by atoms with Crippen molar-refractivity contribution in [3.8, 4) is 0 Å². The van der Waals surface area contributed by atoms with Crippen LogP contribution in [0, 0.1) is 17.8 Å². The maximum absolute atomic E-state index is 11.8. The predicted octanol–water partition coefficient (Wildman–Crippen LogP) is 1.67. The molecule has 0 aromatic heterocycles. The van der Waals surface area contributed by atoms with E-state index in [1.807, 2.05) is 12.1 Å². The van der Waals surface area contributed by atoms with E-state index in [9.17, 15) is 15.0 Å². The lowest BCUT2D eigenvalue weighted by atomic mass is 9.81. The second kappa shape index (κ2) is 5.78. The van der Waals surface area contributed by atoms with Gasteiger partial charge in [-0.15, -0.1) is 0 Å². The Hall–Kier alpha value is -1.39. The summed E-state index contributed by atoms with van der Waals surface area (Å²) in [6.07, 6.45) is 1.18. The van der Waals surface area contributed by atoms with Crippen molar-refractivity contribution in [2.45, 2.75) is 24.7 Å². The van der Waals surface area contributed by atoms with Gasteiger partial charge in [-0.3, -0.25) is 4.79 Å². The minimum absolute atomic E-state index is 0.0901. The van der Waals surface area contributed by atoms with E-state index >= 15 is 0 Å². The van der Waals surface area contributed by atoms with E-state index in [1.54, 1.807) is 0 Å². The van der Waals surface area contributed by atoms with Gasteiger partial charge in [0.25, 0.3) is 0 Å². The molecule has 1 aromatic rings. The van der Waals surface area contributed by atoms with E-state index in [4.69, 9.17) is 4.74 Å². The summed E-state index contributed by atoms with van der Waals surface area (Å²) in [5.74, 6) is 0.679. The molecule has 1 aromatic carbocycles. The number of rotatable bonds is 4. The number of aliphatic hydroxyl groups excluding tert-OH is 2. The van der Waals surface area contributed by atoms with Gasteiger partial charge in [0.1, 0.15) is 0 Å². The maximum Gasteiger partial charge on any atom is 0.306 e. The van der Waals surface area contributed by atoms with Crippen LogP contribution in [0.3, 0.4) is 0 Å². The molecule has 0 radical (unpaired) electrons. The summed E-state index contributed by atoms with van der Waals surface area (Å²) < 4.78 is 4.85. The van der Waals surface area contributed by atoms with Crippen LogP contribution < -0.4 is 0 Å². The Morgan fingerprint density at radius 3 is 2.48 bits per heavy atom. The number of ether oxygens (including phenoxy) is 1. The number of carbonyl (C=O) groups excluding carboxylic acids is 1. The predicted molar refractivity (Wildman–Crippen MR) is 77.8 cm³/mol. The van der Waals surface area contributed by atoms with E-state index in [2.05, 4.69) is 12.1 Å². The molecule has 0 aliphatic heterocycles. The van der Waals surface area contributed by atoms with Crippen LogP contribution in [0.1, 0.15) is 35.8 Å². The van der Waals surface area contributed by atoms with Gasteiger partial charge < -0.3 is 14.9 Å². The van der Waals surface area contributed by atoms with Gasteiger partial charge in [0.05, 0.1) is 13.5 Å². The molecule has 114 valence electrons. The van der Waals surface area contributed by atoms with Crippen LogP contribution in [0.4, 0.5) is 0 Å². The summed E-state index contributed by atoms with van der Waals surface area (Å²) in [5.41, 5.74) is 2.43. The molecule has 3 rings (SSSR count). The van der Waals surface area contributed by atoms with Crippen LogP contribution in [-0.4, -0.2) is 36.5 Å². The first-order valence-electron chi connectivity index (χ1n) is 7.58. The zero-order chi connectivity index (χ0) is 15.0. The molecule has 1 saturated carbocycles. The normalized spacial score (nSPS) is 33.6. The zero-order valence-electron chi connectivity index (χ0n) is 12.2. The Morgan fingerprint density at radius 1 is 1.19 bits per heavy atom. The first-order chi connectivity index (χ1) is 10.2. The highest BCUT2D eigenvalue weighted by molar-refractivity contribution is 5.71. The van der Waals surface area contributed by atoms with Gasteiger partial charge in [0, 0.05) is 13.2 Å². The van der Waals surface area contributed by atoms with E-state index in [1.165, 1.54) is 18.2 Å². The molecular formula is C17H22O4. The van der Waals surface area contributed by atoms with Gasteiger partial charge >= 0.3 is 5.97 Å². The number of benzene rings is 1. The Kier molecular flexibility index (Phi) is 4.00. The van der Waals surface area contributed by atoms with Crippen LogP contribution in [0.5, 0.6) is 0 Å². The van der Waals surface area contributed by atoms with Crippen molar-refractivity contribution in [2.24, 2.45) is 17.8 Å². The molecule has 2 aliphatic carbocycles. The summed E-state index contributed by atoms with van der Waals surface area (Å²) in [4.78, 5) is 11.8. The molecular weight excluding hydrogens is 268 g/mol. The summed E-state index contributed by atoms with van der Waals surface area (Å²) in [7, 11) is 1.41. The average molecular weight is 290 g/mol. The number of hydrogen-bond donors (Lipinski definition) is 2. The highest BCUT2D eigenvalue weighted by Crippen LogP contribution is 2.60. The van der Waals surface area contributed by atoms with Crippen molar-refractivity contribution in [3.05, 3.63) is 35.4 Å². The van der Waals surface area contributed by atoms with Crippen LogP contribution in [0.2, 0.25) is 0 Å². The van der Waals surface area contributed by atoms with Crippen LogP contribution in [0.25, 0.3) is 0 Å². The fourth-order valence-corrected chi connectivity index (χ4v) is 4.59. The summed E-state index contributed by atoms with van der Waals surface area (Å²) in [5, 5.41) is 19.4. The third-order valence-corrected chi connectivity index (χ3v) is 5.37. The Morgan fingerprint density at radius 2 is 1.86 bits per heavy atom. The van der Waals surface area contributed by atoms with Gasteiger partial charge in [-0.1, -0.05) is 24.3 Å². The minimum Gasteiger partial charge on any atom is -0.469 e. The van der Waals surface area contributed by atoms with Crippen LogP contribution in [0.15, 0.2) is 24.3 Å². The first-order valence-corrected chi connectivity index (χ1v) is 7.58. The van der Waals surface area contributed by atoms with E-state index in [-0.39, 0.29) is 48.8 Å². The molecule has 0 spiro atoms. The minimum atomic E-state index is -0.209. The molecule has 2 aliphatic rings. The monoisotopic (exact) mass is 290 g/mol. The molecule has 5 atom stereocenters. The van der Waals surface area contributed by atoms with Crippen molar-refractivity contribution in [1.82, 2.24) is 0 Å². The third-order valence-electron chi connectivity index (χ3n) is 5.37. The number of carbonyl (C=O) groups is 1. The second-order valence-corrected chi connectivity index (χ2v) is 6.24. The number of esters is 1. The average Bonchev–Trinajstić information content (AvgIpc) is 3.04. The molecule has 0 heterocycles. The van der Waals surface area contributed by atoms with Gasteiger partial charge in [-0.2, -0.15) is 0 Å². The smallest absolute Gasteiger partial charge is 0.306 e. The Bertz CT molecular complexity index is 527. The number of aliphatic hydroxyl groups is 2. The van der Waals surface area contributed by atoms with E-state index in [0.29, 0.717) is 6.42 Å². The number of fused-ring (bicyclic) bond motifs is 3. The molecule has 4 heteroatoms. The third kappa shape index (κ3) is 2.27. The second-order valence-electron chi connectivity index (χ2n) is 6.24. The maximum atomic E-state index is 11.8. The molecule has 1 fully saturated rings. The first kappa shape index (κ1) is 14.5. The van der Waals surface area contributed by atoms with Crippen molar-refractivity contribution in [1.29, 1.82) is 0 Å². The Balaban J connectivity index is 2.01. The van der Waals surface area contributed by atoms with Crippen LogP contribution in [-0.2, 0) is 9.53 Å². The SMILES string of the molecule is COC(=O)C[C@@H]1c2ccccc2[C@H]2[C@H](CO)C[C@H](CO)[C@H]21. The molecule has 4 nitrogen and oxygen atoms in total. The standard InChI is InChI=1S/C17H22O4/c1-21-15(20)7-14-12-4-2-3-5-13(12)16-10(8-18)6-11(9-19)17(14)16/h2-5,10-11,14,16-19H,6-9H2,1H3/t10-,11+,14+,16+,17-/m0/s1. The summed E-state index contributed by atoms with van der Waals surface area (Å²) in [6.45, 7) is 0.250. The lowest BCUT2D eigenvalue weighted by molar-refractivity contribution is -0.141. The molecule has 0 unspecified atom stereocenters. The fourth-order valence-electron chi connectivity index (χ4n) is 4.59. The van der Waals surface area contributed by atoms with E-state index < -0.39 is 0 Å². The zero-order valence-corrected chi connectivity index (χ0v) is 12.2. The van der Waals surface area contributed by atoms with Gasteiger partial charge in [-0.05, 0) is 47.1 Å². The van der Waals surface area contributed by atoms with Crippen molar-refractivity contribution < 1.29 is 19.7 Å². The van der Waals surface area contributed by atoms with Gasteiger partial charge in [0.15, 0.2) is 0 Å². The van der Waals surface area contributed by atoms with Crippen molar-refractivity contribution >= 4 is 5.97 Å². The summed E-state index contributed by atoms with van der Waals surface area (Å²) >= 11 is 0. The molecule has 21 heavy (non-hydrogen) atoms. The van der Waals surface area contributed by atoms with Crippen molar-refractivity contribution in [2.75, 3.05) is 20.3 Å². The van der Waals surface area contributed by atoms with Gasteiger partial charge in [-0.25, -0.2) is 0 Å². The molecule has 2 N–H and O–H groups in total. The fraction of sp³-hybridized carbons (Fsp3) is 0.588. The number of hydrogen-bond acceptors (Lipinski definition) is 4. The highest BCUT2D eigenvalue weighted by atomic mass is 16.5. The molecule has 0 saturated heterocycles. The summed E-state index contributed by atoms with van der Waals surface area (Å²) in [6, 6.07) is 8.18. The van der Waals surface area contributed by atoms with Gasteiger partial charge in [0.2, 0.25) is 0 Å².